The van der Waals surface area contributed by atoms with Crippen molar-refractivity contribution in [1.29, 1.82) is 0 Å². The Bertz CT molecular complexity index is 2350. The smallest absolute Gasteiger partial charge is 0.188 e. The Balaban J connectivity index is 0.000000211. The van der Waals surface area contributed by atoms with E-state index in [1.807, 2.05) is 102 Å². The largest absolute Gasteiger partial charge is 0.500 e. The zero-order chi connectivity index (χ0) is 29.3. The van der Waals surface area contributed by atoms with Gasteiger partial charge in [0.25, 0.3) is 0 Å². The molecule has 9 aromatic rings. The molecule has 4 heterocycles. The molecule has 0 N–H and O–H groups in total. The number of benzene rings is 5. The molecule has 0 spiro atoms. The summed E-state index contributed by atoms with van der Waals surface area (Å²) in [5.41, 5.74) is 6.66. The summed E-state index contributed by atoms with van der Waals surface area (Å²) >= 11 is 0. The summed E-state index contributed by atoms with van der Waals surface area (Å²) in [4.78, 5) is 18.1. The van der Waals surface area contributed by atoms with Crippen LogP contribution in [-0.2, 0) is 20.1 Å². The second-order valence-electron chi connectivity index (χ2n) is 10.2. The average Bonchev–Trinajstić information content (AvgIpc) is 3.69. The van der Waals surface area contributed by atoms with Gasteiger partial charge < -0.3 is 14.0 Å². The van der Waals surface area contributed by atoms with E-state index in [9.17, 15) is 0 Å². The first-order valence-electron chi connectivity index (χ1n) is 14.2. The van der Waals surface area contributed by atoms with Crippen molar-refractivity contribution in [1.82, 2.24) is 24.5 Å². The normalized spacial score (nSPS) is 10.9. The van der Waals surface area contributed by atoms with Crippen LogP contribution >= 0.6 is 0 Å². The quantitative estimate of drug-likeness (QED) is 0.169. The summed E-state index contributed by atoms with van der Waals surface area (Å²) < 4.78 is 8.53. The molecule has 0 aliphatic rings. The van der Waals surface area contributed by atoms with Gasteiger partial charge in [0.2, 0.25) is 0 Å². The maximum absolute atomic E-state index is 6.51. The number of hydrogen-bond donors (Lipinski definition) is 0. The van der Waals surface area contributed by atoms with Crippen molar-refractivity contribution in [2.24, 2.45) is 0 Å². The molecule has 0 atom stereocenters. The molecule has 7 heteroatoms. The minimum atomic E-state index is 0. The van der Waals surface area contributed by atoms with E-state index in [0.29, 0.717) is 17.1 Å². The van der Waals surface area contributed by atoms with Gasteiger partial charge in [0, 0.05) is 55.2 Å². The number of hydrogen-bond acceptors (Lipinski definition) is 5. The van der Waals surface area contributed by atoms with Crippen molar-refractivity contribution >= 4 is 44.0 Å². The van der Waals surface area contributed by atoms with E-state index in [1.54, 1.807) is 18.6 Å². The fourth-order valence-corrected chi connectivity index (χ4v) is 5.51. The maximum Gasteiger partial charge on any atom is 0.188 e. The van der Waals surface area contributed by atoms with Crippen molar-refractivity contribution in [3.05, 3.63) is 152 Å². The summed E-state index contributed by atoms with van der Waals surface area (Å²) in [5, 5.41) is 4.35. The number of imidazole rings is 1. The van der Waals surface area contributed by atoms with Gasteiger partial charge in [0.05, 0.1) is 11.4 Å². The first kappa shape index (κ1) is 28.3. The minimum Gasteiger partial charge on any atom is -0.500 e. The number of fused-ring (bicyclic) bond motifs is 6. The molecule has 0 unspecified atom stereocenters. The molecule has 0 saturated carbocycles. The SMILES string of the molecule is [Ir].[c-]1ccc2c(oc3c4ccccc4ccc23)c1-c1nc2nccnc2n1-c1ccccc1.[c-]1ccccc1-c1ccccn1. The fraction of sp³-hybridized carbons (Fsp3) is 0. The predicted molar refractivity (Wildman–Crippen MR) is 174 cm³/mol. The number of rotatable bonds is 3. The third-order valence-corrected chi connectivity index (χ3v) is 7.51. The molecule has 0 fully saturated rings. The van der Waals surface area contributed by atoms with E-state index in [2.05, 4.69) is 51.4 Å². The van der Waals surface area contributed by atoms with Gasteiger partial charge >= 0.3 is 0 Å². The summed E-state index contributed by atoms with van der Waals surface area (Å²) in [5.74, 6) is 0.700. The van der Waals surface area contributed by atoms with Crippen LogP contribution in [0.1, 0.15) is 0 Å². The number of pyridine rings is 1. The van der Waals surface area contributed by atoms with Crippen molar-refractivity contribution in [3.8, 4) is 28.3 Å². The standard InChI is InChI=1S/C27H15N4O.C11H8N.Ir/c1-2-8-18(9-3-1)31-26(30-25-27(31)29-16-15-28-25)22-12-6-11-20-21-14-13-17-7-4-5-10-19(17)23(21)32-24(20)22;1-2-6-10(7-3-1)11-8-4-5-9-12-11;/h1-11,13-16H;1-6,8-9H;/q2*-1;. The molecular weight excluding hydrogens is 735 g/mol. The van der Waals surface area contributed by atoms with Crippen LogP contribution < -0.4 is 0 Å². The van der Waals surface area contributed by atoms with Gasteiger partial charge in [-0.3, -0.25) is 4.98 Å². The van der Waals surface area contributed by atoms with E-state index in [-0.39, 0.29) is 20.1 Å². The van der Waals surface area contributed by atoms with Crippen molar-refractivity contribution in [2.45, 2.75) is 0 Å². The third-order valence-electron chi connectivity index (χ3n) is 7.51. The van der Waals surface area contributed by atoms with Crippen molar-refractivity contribution in [3.63, 3.8) is 0 Å². The Morgan fingerprint density at radius 3 is 2.22 bits per heavy atom. The second-order valence-corrected chi connectivity index (χ2v) is 10.2. The predicted octanol–water partition coefficient (Wildman–Crippen LogP) is 8.88. The second kappa shape index (κ2) is 12.2. The topological polar surface area (TPSA) is 69.6 Å². The van der Waals surface area contributed by atoms with Gasteiger partial charge in [-0.2, -0.15) is 0 Å². The van der Waals surface area contributed by atoms with Gasteiger partial charge in [-0.05, 0) is 29.3 Å². The summed E-state index contributed by atoms with van der Waals surface area (Å²) in [6, 6.07) is 46.7. The Kier molecular flexibility index (Phi) is 7.70. The molecule has 45 heavy (non-hydrogen) atoms. The van der Waals surface area contributed by atoms with E-state index < -0.39 is 0 Å². The van der Waals surface area contributed by atoms with Crippen LogP contribution in [0.5, 0.6) is 0 Å². The van der Waals surface area contributed by atoms with Crippen LogP contribution in [0.3, 0.4) is 0 Å². The van der Waals surface area contributed by atoms with Crippen LogP contribution in [-0.4, -0.2) is 24.5 Å². The summed E-state index contributed by atoms with van der Waals surface area (Å²) in [6.07, 6.45) is 5.13. The molecule has 0 bridgehead atoms. The number of furan rings is 1. The first-order valence-corrected chi connectivity index (χ1v) is 14.2. The van der Waals surface area contributed by atoms with Gasteiger partial charge in [0.1, 0.15) is 5.58 Å². The Morgan fingerprint density at radius 1 is 0.578 bits per heavy atom. The number of aromatic nitrogens is 5. The van der Waals surface area contributed by atoms with Crippen LogP contribution in [0.25, 0.3) is 72.3 Å². The van der Waals surface area contributed by atoms with E-state index in [4.69, 9.17) is 9.40 Å². The van der Waals surface area contributed by atoms with Gasteiger partial charge in [0.15, 0.2) is 11.3 Å². The number of para-hydroxylation sites is 1. The molecule has 1 radical (unpaired) electrons. The Morgan fingerprint density at radius 2 is 1.38 bits per heavy atom. The van der Waals surface area contributed by atoms with Crippen LogP contribution in [0.2, 0.25) is 0 Å². The minimum absolute atomic E-state index is 0. The molecule has 0 aliphatic heterocycles. The third kappa shape index (κ3) is 5.18. The monoisotopic (exact) mass is 758 g/mol. The van der Waals surface area contributed by atoms with E-state index >= 15 is 0 Å². The average molecular weight is 758 g/mol. The van der Waals surface area contributed by atoms with E-state index in [0.717, 1.165) is 55.2 Å². The summed E-state index contributed by atoms with van der Waals surface area (Å²) in [6.45, 7) is 0. The van der Waals surface area contributed by atoms with Crippen LogP contribution in [0.4, 0.5) is 0 Å². The van der Waals surface area contributed by atoms with Gasteiger partial charge in [-0.15, -0.1) is 54.1 Å². The molecule has 9 rings (SSSR count). The molecule has 4 aromatic heterocycles. The molecular formula is C38H23IrN5O-2. The van der Waals surface area contributed by atoms with Crippen LogP contribution in [0, 0.1) is 12.1 Å². The summed E-state index contributed by atoms with van der Waals surface area (Å²) in [7, 11) is 0. The molecule has 0 saturated heterocycles. The zero-order valence-electron chi connectivity index (χ0n) is 23.8. The molecule has 6 nitrogen and oxygen atoms in total. The number of nitrogens with zero attached hydrogens (tertiary/aromatic N) is 5. The van der Waals surface area contributed by atoms with Gasteiger partial charge in [-0.1, -0.05) is 77.7 Å². The molecule has 217 valence electrons. The zero-order valence-corrected chi connectivity index (χ0v) is 26.2. The first-order chi connectivity index (χ1) is 21.8. The van der Waals surface area contributed by atoms with Gasteiger partial charge in [-0.25, -0.2) is 9.97 Å². The maximum atomic E-state index is 6.51. The molecule has 5 aromatic carbocycles. The Labute approximate surface area is 272 Å². The molecule has 0 aliphatic carbocycles. The van der Waals surface area contributed by atoms with E-state index in [1.165, 1.54) is 0 Å². The van der Waals surface area contributed by atoms with Crippen LogP contribution in [0.15, 0.2) is 144 Å². The molecule has 0 amide bonds. The fourth-order valence-electron chi connectivity index (χ4n) is 5.51. The van der Waals surface area contributed by atoms with Crippen molar-refractivity contribution in [2.75, 3.05) is 0 Å². The van der Waals surface area contributed by atoms with Crippen molar-refractivity contribution < 1.29 is 24.5 Å². The Hall–Kier alpha value is -5.49.